The van der Waals surface area contributed by atoms with Gasteiger partial charge in [0.05, 0.1) is 16.2 Å². The van der Waals surface area contributed by atoms with Gasteiger partial charge in [-0.15, -0.1) is 11.3 Å². The first kappa shape index (κ1) is 14.8. The van der Waals surface area contributed by atoms with Crippen LogP contribution in [0.5, 0.6) is 0 Å². The molecule has 108 valence electrons. The molecule has 0 radical (unpaired) electrons. The molecule has 6 heteroatoms. The molecule has 2 rings (SSSR count). The van der Waals surface area contributed by atoms with Crippen molar-refractivity contribution in [3.8, 4) is 6.07 Å². The van der Waals surface area contributed by atoms with E-state index in [2.05, 4.69) is 17.9 Å². The van der Waals surface area contributed by atoms with Crippen molar-refractivity contribution in [1.82, 2.24) is 0 Å². The van der Waals surface area contributed by atoms with Gasteiger partial charge < -0.3 is 15.4 Å². The number of ether oxygens (including phenoxy) is 1. The number of nitrogens with two attached hydrogens (primary N) is 1. The van der Waals surface area contributed by atoms with Crippen molar-refractivity contribution in [3.05, 3.63) is 10.4 Å². The number of nitrogens with zero attached hydrogens (tertiary/aromatic N) is 2. The van der Waals surface area contributed by atoms with Crippen LogP contribution < -0.4 is 10.6 Å². The number of piperidine rings is 1. The van der Waals surface area contributed by atoms with Gasteiger partial charge in [0.1, 0.15) is 16.6 Å². The lowest BCUT2D eigenvalue weighted by Gasteiger charge is -2.40. The van der Waals surface area contributed by atoms with Gasteiger partial charge in [-0.2, -0.15) is 5.26 Å². The molecule has 1 saturated heterocycles. The van der Waals surface area contributed by atoms with E-state index in [-0.39, 0.29) is 11.4 Å². The Bertz CT molecular complexity index is 576. The van der Waals surface area contributed by atoms with Crippen LogP contribution in [-0.4, -0.2) is 31.6 Å². The number of nitrogen functional groups attached to an aromatic ring is 1. The van der Waals surface area contributed by atoms with Crippen LogP contribution in [-0.2, 0) is 4.74 Å². The fraction of sp³-hybridized carbons (Fsp3) is 0.571. The molecule has 0 aromatic carbocycles. The van der Waals surface area contributed by atoms with E-state index in [1.165, 1.54) is 18.3 Å². The lowest BCUT2D eigenvalue weighted by molar-refractivity contribution is -0.00452. The molecule has 0 spiro atoms. The van der Waals surface area contributed by atoms with Gasteiger partial charge in [-0.3, -0.25) is 4.79 Å². The van der Waals surface area contributed by atoms with Gasteiger partial charge in [0.2, 0.25) is 0 Å². The number of Topliss-reactive ketones (excluding diaryl/α,β-unsaturated/α-hetero) is 1. The van der Waals surface area contributed by atoms with E-state index in [0.717, 1.165) is 24.4 Å². The first-order valence-corrected chi connectivity index (χ1v) is 7.37. The molecule has 2 N–H and O–H groups in total. The molecule has 0 bridgehead atoms. The molecule has 1 aliphatic heterocycles. The van der Waals surface area contributed by atoms with E-state index in [1.54, 1.807) is 7.11 Å². The Morgan fingerprint density at radius 2 is 2.30 bits per heavy atom. The van der Waals surface area contributed by atoms with Crippen LogP contribution in [0.2, 0.25) is 0 Å². The second-order valence-electron chi connectivity index (χ2n) is 5.37. The summed E-state index contributed by atoms with van der Waals surface area (Å²) in [7, 11) is 1.71. The molecule has 2 heterocycles. The number of carbonyl (C=O) groups excluding carboxylic acids is 1. The van der Waals surface area contributed by atoms with Crippen LogP contribution in [0.4, 0.5) is 10.7 Å². The molecule has 0 aliphatic carbocycles. The summed E-state index contributed by atoms with van der Waals surface area (Å²) in [5.41, 5.74) is 6.44. The number of ketones is 1. The molecule has 0 saturated carbocycles. The average molecular weight is 293 g/mol. The Morgan fingerprint density at radius 3 is 2.85 bits per heavy atom. The van der Waals surface area contributed by atoms with E-state index in [9.17, 15) is 10.1 Å². The minimum absolute atomic E-state index is 0.0956. The van der Waals surface area contributed by atoms with Crippen molar-refractivity contribution in [2.24, 2.45) is 0 Å². The zero-order chi connectivity index (χ0) is 14.9. The summed E-state index contributed by atoms with van der Waals surface area (Å²) in [5, 5.41) is 10.1. The Balaban J connectivity index is 2.40. The van der Waals surface area contributed by atoms with Gasteiger partial charge in [-0.05, 0) is 19.8 Å². The maximum atomic E-state index is 11.6. The highest BCUT2D eigenvalue weighted by Crippen LogP contribution is 2.40. The minimum Gasteiger partial charge on any atom is -0.396 e. The van der Waals surface area contributed by atoms with Gasteiger partial charge in [-0.1, -0.05) is 0 Å². The Morgan fingerprint density at radius 1 is 1.60 bits per heavy atom. The van der Waals surface area contributed by atoms with E-state index in [1.807, 2.05) is 0 Å². The highest BCUT2D eigenvalue weighted by Gasteiger charge is 2.33. The van der Waals surface area contributed by atoms with E-state index in [4.69, 9.17) is 10.5 Å². The van der Waals surface area contributed by atoms with Crippen LogP contribution in [0.3, 0.4) is 0 Å². The number of carbonyl (C=O) groups is 1. The maximum Gasteiger partial charge on any atom is 0.171 e. The largest absolute Gasteiger partial charge is 0.396 e. The van der Waals surface area contributed by atoms with Crippen molar-refractivity contribution in [2.45, 2.75) is 32.3 Å². The Hall–Kier alpha value is -1.58. The normalized spacial score (nSPS) is 22.6. The number of methoxy groups -OCH3 is 1. The van der Waals surface area contributed by atoms with Crippen LogP contribution in [0.25, 0.3) is 0 Å². The van der Waals surface area contributed by atoms with Gasteiger partial charge in [-0.25, -0.2) is 0 Å². The Labute approximate surface area is 122 Å². The van der Waals surface area contributed by atoms with Crippen LogP contribution >= 0.6 is 11.3 Å². The van der Waals surface area contributed by atoms with Gasteiger partial charge in [0, 0.05) is 27.1 Å². The average Bonchev–Trinajstić information content (AvgIpc) is 2.76. The molecular formula is C14H19N3O2S. The molecule has 1 atom stereocenters. The third-order valence-corrected chi connectivity index (χ3v) is 5.16. The molecule has 1 unspecified atom stereocenters. The molecule has 1 aromatic heterocycles. The second kappa shape index (κ2) is 5.43. The zero-order valence-electron chi connectivity index (χ0n) is 12.0. The predicted octanol–water partition coefficient (Wildman–Crippen LogP) is 2.41. The van der Waals surface area contributed by atoms with Crippen molar-refractivity contribution >= 4 is 27.8 Å². The number of hydrogen-bond acceptors (Lipinski definition) is 6. The van der Waals surface area contributed by atoms with Gasteiger partial charge in [0.15, 0.2) is 5.78 Å². The molecule has 1 fully saturated rings. The van der Waals surface area contributed by atoms with Crippen LogP contribution in [0.15, 0.2) is 0 Å². The summed E-state index contributed by atoms with van der Waals surface area (Å²) in [6.07, 6.45) is 1.98. The molecule has 1 aliphatic rings. The minimum atomic E-state index is -0.222. The standard InChI is InChI=1S/C14H19N3O2S/c1-9(18)12-11(16)10(7-15)13(20-12)17-6-4-5-14(2,8-17)19-3/h4-6,8,16H2,1-3H3. The van der Waals surface area contributed by atoms with Crippen molar-refractivity contribution in [3.63, 3.8) is 0 Å². The highest BCUT2D eigenvalue weighted by atomic mass is 32.1. The fourth-order valence-corrected chi connectivity index (χ4v) is 3.66. The summed E-state index contributed by atoms with van der Waals surface area (Å²) in [5.74, 6) is -0.0956. The van der Waals surface area contributed by atoms with Gasteiger partial charge in [0.25, 0.3) is 0 Å². The summed E-state index contributed by atoms with van der Waals surface area (Å²) >= 11 is 1.31. The predicted molar refractivity (Wildman–Crippen MR) is 80.3 cm³/mol. The van der Waals surface area contributed by atoms with E-state index >= 15 is 0 Å². The molecule has 0 amide bonds. The molecule has 20 heavy (non-hydrogen) atoms. The molecule has 1 aromatic rings. The smallest absolute Gasteiger partial charge is 0.171 e. The maximum absolute atomic E-state index is 11.6. The van der Waals surface area contributed by atoms with Crippen LogP contribution in [0, 0.1) is 11.3 Å². The SMILES string of the molecule is COC1(C)CCCN(c2sc(C(C)=O)c(N)c2C#N)C1. The number of anilines is 2. The summed E-state index contributed by atoms with van der Waals surface area (Å²) in [6, 6.07) is 2.13. The number of rotatable bonds is 3. The summed E-state index contributed by atoms with van der Waals surface area (Å²) in [4.78, 5) is 14.2. The topological polar surface area (TPSA) is 79.3 Å². The number of hydrogen-bond donors (Lipinski definition) is 1. The first-order chi connectivity index (χ1) is 9.41. The first-order valence-electron chi connectivity index (χ1n) is 6.55. The quantitative estimate of drug-likeness (QED) is 0.866. The number of nitriles is 1. The third kappa shape index (κ3) is 2.51. The third-order valence-electron chi connectivity index (χ3n) is 3.80. The second-order valence-corrected chi connectivity index (χ2v) is 6.37. The van der Waals surface area contributed by atoms with Crippen molar-refractivity contribution < 1.29 is 9.53 Å². The zero-order valence-corrected chi connectivity index (χ0v) is 12.8. The summed E-state index contributed by atoms with van der Waals surface area (Å²) in [6.45, 7) is 5.09. The van der Waals surface area contributed by atoms with Crippen molar-refractivity contribution in [1.29, 1.82) is 5.26 Å². The monoisotopic (exact) mass is 293 g/mol. The lowest BCUT2D eigenvalue weighted by Crippen LogP contribution is -2.47. The number of thiophene rings is 1. The lowest BCUT2D eigenvalue weighted by atomic mass is 9.95. The highest BCUT2D eigenvalue weighted by molar-refractivity contribution is 7.19. The molecular weight excluding hydrogens is 274 g/mol. The van der Waals surface area contributed by atoms with E-state index < -0.39 is 0 Å². The molecule has 5 nitrogen and oxygen atoms in total. The van der Waals surface area contributed by atoms with Gasteiger partial charge >= 0.3 is 0 Å². The van der Waals surface area contributed by atoms with Crippen molar-refractivity contribution in [2.75, 3.05) is 30.8 Å². The van der Waals surface area contributed by atoms with Crippen LogP contribution in [0.1, 0.15) is 41.9 Å². The summed E-state index contributed by atoms with van der Waals surface area (Å²) < 4.78 is 5.57. The Kier molecular flexibility index (Phi) is 4.02. The van der Waals surface area contributed by atoms with E-state index in [0.29, 0.717) is 22.7 Å². The fourth-order valence-electron chi connectivity index (χ4n) is 2.57.